The molecule has 0 N–H and O–H groups in total. The minimum atomic E-state index is -0.206. The molecule has 0 unspecified atom stereocenters. The lowest BCUT2D eigenvalue weighted by Crippen LogP contribution is -2.61. The Balaban J connectivity index is 2.83. The number of carbonyl (C=O) groups excluding carboxylic acids is 2. The maximum atomic E-state index is 12.1. The van der Waals surface area contributed by atoms with Gasteiger partial charge >= 0.3 is 0 Å². The van der Waals surface area contributed by atoms with Gasteiger partial charge in [-0.3, -0.25) is 14.5 Å². The van der Waals surface area contributed by atoms with Gasteiger partial charge in [0, 0.05) is 46.7 Å². The first kappa shape index (κ1) is 14.0. The van der Waals surface area contributed by atoms with Crippen molar-refractivity contribution in [3.63, 3.8) is 0 Å². The van der Waals surface area contributed by atoms with Crippen LogP contribution in [0.2, 0.25) is 0 Å². The van der Waals surface area contributed by atoms with E-state index in [1.807, 2.05) is 0 Å². The van der Waals surface area contributed by atoms with Gasteiger partial charge in [0.2, 0.25) is 11.8 Å². The molecule has 0 spiro atoms. The van der Waals surface area contributed by atoms with Gasteiger partial charge in [0.1, 0.15) is 6.04 Å². The first-order valence-electron chi connectivity index (χ1n) is 6.07. The van der Waals surface area contributed by atoms with Gasteiger partial charge in [-0.25, -0.2) is 0 Å². The van der Waals surface area contributed by atoms with Crippen LogP contribution in [0, 0.1) is 0 Å². The summed E-state index contributed by atoms with van der Waals surface area (Å²) in [7, 11) is 3.51. The van der Waals surface area contributed by atoms with E-state index in [-0.39, 0.29) is 17.9 Å². The standard InChI is InChI=1S/C12H23N3O2/c1-9(2)15-7-6-14(10(3)16)8-11(15)12(17)13(4)5/h9,11H,6-8H2,1-5H3/t11-/m0/s1. The van der Waals surface area contributed by atoms with Gasteiger partial charge in [-0.1, -0.05) is 0 Å². The fourth-order valence-electron chi connectivity index (χ4n) is 2.22. The fourth-order valence-corrected chi connectivity index (χ4v) is 2.22. The van der Waals surface area contributed by atoms with Gasteiger partial charge < -0.3 is 9.80 Å². The third kappa shape index (κ3) is 3.19. The van der Waals surface area contributed by atoms with E-state index in [1.165, 1.54) is 0 Å². The Morgan fingerprint density at radius 2 is 1.82 bits per heavy atom. The molecule has 1 fully saturated rings. The summed E-state index contributed by atoms with van der Waals surface area (Å²) in [6, 6.07) is 0.112. The summed E-state index contributed by atoms with van der Waals surface area (Å²) in [6.45, 7) is 7.71. The van der Waals surface area contributed by atoms with E-state index in [9.17, 15) is 9.59 Å². The summed E-state index contributed by atoms with van der Waals surface area (Å²) in [4.78, 5) is 29.0. The van der Waals surface area contributed by atoms with Gasteiger partial charge in [0.25, 0.3) is 0 Å². The summed E-state index contributed by atoms with van der Waals surface area (Å²) < 4.78 is 0. The number of hydrogen-bond acceptors (Lipinski definition) is 3. The van der Waals surface area contributed by atoms with E-state index in [1.54, 1.807) is 30.8 Å². The lowest BCUT2D eigenvalue weighted by Gasteiger charge is -2.43. The normalized spacial score (nSPS) is 21.8. The molecule has 0 bridgehead atoms. The SMILES string of the molecule is CC(=O)N1CCN(C(C)C)[C@H](C(=O)N(C)C)C1. The quantitative estimate of drug-likeness (QED) is 0.684. The molecule has 5 nitrogen and oxygen atoms in total. The number of likely N-dealkylation sites (N-methyl/N-ethyl adjacent to an activating group) is 1. The molecule has 0 saturated carbocycles. The van der Waals surface area contributed by atoms with Crippen molar-refractivity contribution in [3.05, 3.63) is 0 Å². The van der Waals surface area contributed by atoms with Gasteiger partial charge in [-0.2, -0.15) is 0 Å². The molecule has 98 valence electrons. The van der Waals surface area contributed by atoms with Crippen molar-refractivity contribution < 1.29 is 9.59 Å². The van der Waals surface area contributed by atoms with Gasteiger partial charge in [0.15, 0.2) is 0 Å². The molecule has 1 aliphatic heterocycles. The van der Waals surface area contributed by atoms with E-state index < -0.39 is 0 Å². The smallest absolute Gasteiger partial charge is 0.241 e. The average molecular weight is 241 g/mol. The van der Waals surface area contributed by atoms with E-state index in [2.05, 4.69) is 18.7 Å². The van der Waals surface area contributed by atoms with Crippen molar-refractivity contribution in [2.45, 2.75) is 32.9 Å². The zero-order chi connectivity index (χ0) is 13.2. The largest absolute Gasteiger partial charge is 0.347 e. The molecule has 5 heteroatoms. The second-order valence-corrected chi connectivity index (χ2v) is 5.05. The molecule has 0 aromatic carbocycles. The van der Waals surface area contributed by atoms with E-state index in [4.69, 9.17) is 0 Å². The molecule has 1 rings (SSSR count). The molecule has 2 amide bonds. The Hall–Kier alpha value is -1.10. The molecule has 1 aliphatic rings. The average Bonchev–Trinajstić information content (AvgIpc) is 2.26. The van der Waals surface area contributed by atoms with E-state index in [0.717, 1.165) is 6.54 Å². The number of amides is 2. The number of rotatable bonds is 2. The fraction of sp³-hybridized carbons (Fsp3) is 0.833. The van der Waals surface area contributed by atoms with Crippen LogP contribution in [0.15, 0.2) is 0 Å². The zero-order valence-corrected chi connectivity index (χ0v) is 11.4. The van der Waals surface area contributed by atoms with Crippen molar-refractivity contribution in [3.8, 4) is 0 Å². The van der Waals surface area contributed by atoms with Crippen LogP contribution in [0.1, 0.15) is 20.8 Å². The predicted octanol–water partition coefficient (Wildman–Crippen LogP) is 0.0157. The molecular formula is C12H23N3O2. The second kappa shape index (κ2) is 5.49. The molecule has 0 radical (unpaired) electrons. The highest BCUT2D eigenvalue weighted by Gasteiger charge is 2.35. The lowest BCUT2D eigenvalue weighted by molar-refractivity contribution is -0.142. The highest BCUT2D eigenvalue weighted by Crippen LogP contribution is 2.15. The van der Waals surface area contributed by atoms with Crippen LogP contribution in [0.25, 0.3) is 0 Å². The lowest BCUT2D eigenvalue weighted by atomic mass is 10.1. The Morgan fingerprint density at radius 3 is 2.24 bits per heavy atom. The minimum absolute atomic E-state index is 0.0463. The number of carbonyl (C=O) groups is 2. The van der Waals surface area contributed by atoms with Crippen LogP contribution in [-0.4, -0.2) is 72.3 Å². The Bertz CT molecular complexity index is 302. The maximum Gasteiger partial charge on any atom is 0.241 e. The maximum absolute atomic E-state index is 12.1. The molecule has 0 aliphatic carbocycles. The van der Waals surface area contributed by atoms with Crippen molar-refractivity contribution in [1.29, 1.82) is 0 Å². The third-order valence-electron chi connectivity index (χ3n) is 3.26. The van der Waals surface area contributed by atoms with Gasteiger partial charge in [0.05, 0.1) is 0 Å². The van der Waals surface area contributed by atoms with E-state index in [0.29, 0.717) is 19.1 Å². The predicted molar refractivity (Wildman–Crippen MR) is 66.6 cm³/mol. The zero-order valence-electron chi connectivity index (χ0n) is 11.4. The van der Waals surface area contributed by atoms with Crippen LogP contribution in [-0.2, 0) is 9.59 Å². The summed E-state index contributed by atoms with van der Waals surface area (Å²) >= 11 is 0. The monoisotopic (exact) mass is 241 g/mol. The van der Waals surface area contributed by atoms with Crippen LogP contribution >= 0.6 is 0 Å². The number of nitrogens with zero attached hydrogens (tertiary/aromatic N) is 3. The first-order chi connectivity index (χ1) is 7.84. The molecule has 0 aromatic rings. The summed E-state index contributed by atoms with van der Waals surface area (Å²) in [6.07, 6.45) is 0. The van der Waals surface area contributed by atoms with Crippen LogP contribution in [0.4, 0.5) is 0 Å². The molecule has 1 saturated heterocycles. The molecule has 0 aromatic heterocycles. The molecule has 1 heterocycles. The summed E-state index contributed by atoms with van der Waals surface area (Å²) in [5, 5.41) is 0. The van der Waals surface area contributed by atoms with Crippen LogP contribution in [0.5, 0.6) is 0 Å². The van der Waals surface area contributed by atoms with Gasteiger partial charge in [-0.15, -0.1) is 0 Å². The number of hydrogen-bond donors (Lipinski definition) is 0. The van der Waals surface area contributed by atoms with Crippen LogP contribution < -0.4 is 0 Å². The Morgan fingerprint density at radius 1 is 1.24 bits per heavy atom. The number of piperazine rings is 1. The highest BCUT2D eigenvalue weighted by atomic mass is 16.2. The van der Waals surface area contributed by atoms with Crippen LogP contribution in [0.3, 0.4) is 0 Å². The molecular weight excluding hydrogens is 218 g/mol. The van der Waals surface area contributed by atoms with E-state index >= 15 is 0 Å². The van der Waals surface area contributed by atoms with Crippen molar-refractivity contribution in [2.75, 3.05) is 33.7 Å². The Kier molecular flexibility index (Phi) is 4.51. The summed E-state index contributed by atoms with van der Waals surface area (Å²) in [5.74, 6) is 0.120. The minimum Gasteiger partial charge on any atom is -0.347 e. The van der Waals surface area contributed by atoms with Gasteiger partial charge in [-0.05, 0) is 13.8 Å². The highest BCUT2D eigenvalue weighted by molar-refractivity contribution is 5.83. The first-order valence-corrected chi connectivity index (χ1v) is 6.07. The van der Waals surface area contributed by atoms with Crippen molar-refractivity contribution in [2.24, 2.45) is 0 Å². The second-order valence-electron chi connectivity index (χ2n) is 5.05. The molecule has 1 atom stereocenters. The third-order valence-corrected chi connectivity index (χ3v) is 3.26. The molecule has 17 heavy (non-hydrogen) atoms. The van der Waals surface area contributed by atoms with Crippen molar-refractivity contribution >= 4 is 11.8 Å². The van der Waals surface area contributed by atoms with Crippen molar-refractivity contribution in [1.82, 2.24) is 14.7 Å². The summed E-state index contributed by atoms with van der Waals surface area (Å²) in [5.41, 5.74) is 0. The topological polar surface area (TPSA) is 43.9 Å². The Labute approximate surface area is 103 Å².